The molecule has 0 unspecified atom stereocenters. The Hall–Kier alpha value is -1.32. The predicted molar refractivity (Wildman–Crippen MR) is 49.9 cm³/mol. The number of ketones is 1. The molecule has 0 radical (unpaired) electrons. The third kappa shape index (κ3) is 2.87. The van der Waals surface area contributed by atoms with Crippen molar-refractivity contribution >= 4 is 11.8 Å². The number of carbonyl (C=O) groups is 2. The Labute approximate surface area is 82.2 Å². The number of aliphatic carboxylic acids is 1. The highest BCUT2D eigenvalue weighted by atomic mass is 16.4. The molecule has 0 saturated heterocycles. The van der Waals surface area contributed by atoms with Crippen LogP contribution < -0.4 is 0 Å². The van der Waals surface area contributed by atoms with E-state index < -0.39 is 11.7 Å². The van der Waals surface area contributed by atoms with E-state index in [9.17, 15) is 9.59 Å². The average Bonchev–Trinajstić information content (AvgIpc) is 2.19. The molecule has 4 heteroatoms. The van der Waals surface area contributed by atoms with Crippen LogP contribution in [0.2, 0.25) is 0 Å². The van der Waals surface area contributed by atoms with Gasteiger partial charge in [-0.2, -0.15) is 0 Å². The van der Waals surface area contributed by atoms with Gasteiger partial charge in [0.2, 0.25) is 5.76 Å². The molecule has 0 aromatic rings. The minimum absolute atomic E-state index is 0.0924. The quantitative estimate of drug-likeness (QED) is 0.534. The molecule has 0 bridgehead atoms. The van der Waals surface area contributed by atoms with E-state index in [1.807, 2.05) is 0 Å². The van der Waals surface area contributed by atoms with Gasteiger partial charge in [0.25, 0.3) is 0 Å². The molecule has 1 aliphatic rings. The smallest absolute Gasteiger partial charge is 0.371 e. The van der Waals surface area contributed by atoms with E-state index in [2.05, 4.69) is 0 Å². The van der Waals surface area contributed by atoms with E-state index in [0.29, 0.717) is 0 Å². The first-order chi connectivity index (χ1) is 6.61. The van der Waals surface area contributed by atoms with Crippen molar-refractivity contribution in [2.24, 2.45) is 5.92 Å². The number of aliphatic hydroxyl groups is 1. The number of carboxylic acid groups (broad SMARTS) is 1. The van der Waals surface area contributed by atoms with Crippen LogP contribution in [0.15, 0.2) is 11.8 Å². The summed E-state index contributed by atoms with van der Waals surface area (Å²) < 4.78 is 0. The minimum Gasteiger partial charge on any atom is -0.502 e. The average molecular weight is 198 g/mol. The Morgan fingerprint density at radius 2 is 1.64 bits per heavy atom. The Kier molecular flexibility index (Phi) is 3.68. The van der Waals surface area contributed by atoms with Crippen molar-refractivity contribution in [3.63, 3.8) is 0 Å². The van der Waals surface area contributed by atoms with Gasteiger partial charge in [0.1, 0.15) is 0 Å². The normalized spacial score (nSPS) is 19.3. The second-order valence-corrected chi connectivity index (χ2v) is 3.57. The van der Waals surface area contributed by atoms with Crippen LogP contribution in [-0.4, -0.2) is 22.0 Å². The Morgan fingerprint density at radius 1 is 1.07 bits per heavy atom. The number of carboxylic acids is 1. The number of carbonyl (C=O) groups excluding carboxylic acids is 1. The van der Waals surface area contributed by atoms with Gasteiger partial charge in [-0.15, -0.1) is 0 Å². The lowest BCUT2D eigenvalue weighted by Crippen LogP contribution is -2.17. The lowest BCUT2D eigenvalue weighted by molar-refractivity contribution is -0.136. The molecule has 4 nitrogen and oxygen atoms in total. The zero-order chi connectivity index (χ0) is 10.6. The molecule has 78 valence electrons. The fourth-order valence-corrected chi connectivity index (χ4v) is 1.70. The summed E-state index contributed by atoms with van der Waals surface area (Å²) in [7, 11) is 0. The van der Waals surface area contributed by atoms with Crippen LogP contribution in [0.4, 0.5) is 0 Å². The molecular weight excluding hydrogens is 184 g/mol. The molecule has 1 rings (SSSR count). The first-order valence-corrected chi connectivity index (χ1v) is 4.79. The maximum absolute atomic E-state index is 11.4. The van der Waals surface area contributed by atoms with Gasteiger partial charge in [0, 0.05) is 12.0 Å². The summed E-state index contributed by atoms with van der Waals surface area (Å²) in [6.45, 7) is 0. The Bertz CT molecular complexity index is 261. The first kappa shape index (κ1) is 10.8. The highest BCUT2D eigenvalue weighted by Crippen LogP contribution is 2.24. The molecule has 0 amide bonds. The van der Waals surface area contributed by atoms with Crippen LogP contribution in [0.25, 0.3) is 0 Å². The summed E-state index contributed by atoms with van der Waals surface area (Å²) >= 11 is 0. The molecule has 0 aromatic heterocycles. The molecular formula is C10H14O4. The molecule has 2 N–H and O–H groups in total. The fourth-order valence-electron chi connectivity index (χ4n) is 1.70. The van der Waals surface area contributed by atoms with Crippen LogP contribution in [0, 0.1) is 5.92 Å². The standard InChI is InChI=1S/C10H14O4/c11-8(6-9(12)10(13)14)7-4-2-1-3-5-7/h6-7,12H,1-5H2,(H,13,14). The lowest BCUT2D eigenvalue weighted by Gasteiger charge is -2.18. The molecule has 0 spiro atoms. The first-order valence-electron chi connectivity index (χ1n) is 4.79. The Balaban J connectivity index is 2.56. The zero-order valence-corrected chi connectivity index (χ0v) is 7.90. The largest absolute Gasteiger partial charge is 0.502 e. The van der Waals surface area contributed by atoms with Crippen molar-refractivity contribution in [2.45, 2.75) is 32.1 Å². The van der Waals surface area contributed by atoms with Crippen molar-refractivity contribution in [2.75, 3.05) is 0 Å². The number of aliphatic hydroxyl groups excluding tert-OH is 1. The van der Waals surface area contributed by atoms with Crippen LogP contribution in [0.5, 0.6) is 0 Å². The van der Waals surface area contributed by atoms with E-state index in [1.54, 1.807) is 0 Å². The number of allylic oxidation sites excluding steroid dienone is 1. The fraction of sp³-hybridized carbons (Fsp3) is 0.600. The molecule has 0 atom stereocenters. The van der Waals surface area contributed by atoms with Gasteiger partial charge in [-0.3, -0.25) is 4.79 Å². The molecule has 14 heavy (non-hydrogen) atoms. The third-order valence-corrected chi connectivity index (χ3v) is 2.51. The van der Waals surface area contributed by atoms with Gasteiger partial charge in [0.15, 0.2) is 5.78 Å². The minimum atomic E-state index is -1.45. The summed E-state index contributed by atoms with van der Waals surface area (Å²) in [6, 6.07) is 0. The van der Waals surface area contributed by atoms with Gasteiger partial charge < -0.3 is 10.2 Å². The number of rotatable bonds is 3. The lowest BCUT2D eigenvalue weighted by atomic mass is 9.86. The summed E-state index contributed by atoms with van der Waals surface area (Å²) in [5.74, 6) is -2.66. The van der Waals surface area contributed by atoms with Crippen LogP contribution in [0.1, 0.15) is 32.1 Å². The summed E-state index contributed by atoms with van der Waals surface area (Å²) in [4.78, 5) is 21.7. The second kappa shape index (κ2) is 4.79. The van der Waals surface area contributed by atoms with E-state index in [-0.39, 0.29) is 11.7 Å². The van der Waals surface area contributed by atoms with Crippen molar-refractivity contribution in [1.82, 2.24) is 0 Å². The van der Waals surface area contributed by atoms with Gasteiger partial charge >= 0.3 is 5.97 Å². The molecule has 0 aromatic carbocycles. The second-order valence-electron chi connectivity index (χ2n) is 3.57. The monoisotopic (exact) mass is 198 g/mol. The predicted octanol–water partition coefficient (Wildman–Crippen LogP) is 1.66. The van der Waals surface area contributed by atoms with E-state index in [4.69, 9.17) is 10.2 Å². The van der Waals surface area contributed by atoms with Crippen molar-refractivity contribution in [3.8, 4) is 0 Å². The van der Waals surface area contributed by atoms with Gasteiger partial charge in [-0.25, -0.2) is 4.79 Å². The van der Waals surface area contributed by atoms with E-state index in [1.165, 1.54) is 0 Å². The Morgan fingerprint density at radius 3 is 2.14 bits per heavy atom. The maximum Gasteiger partial charge on any atom is 0.371 e. The molecule has 1 saturated carbocycles. The molecule has 1 fully saturated rings. The van der Waals surface area contributed by atoms with Crippen LogP contribution >= 0.6 is 0 Å². The summed E-state index contributed by atoms with van der Waals surface area (Å²) in [6.07, 6.45) is 5.61. The number of hydrogen-bond donors (Lipinski definition) is 2. The number of hydrogen-bond acceptors (Lipinski definition) is 3. The molecule has 0 heterocycles. The van der Waals surface area contributed by atoms with Gasteiger partial charge in [-0.05, 0) is 12.8 Å². The topological polar surface area (TPSA) is 74.6 Å². The highest BCUT2D eigenvalue weighted by molar-refractivity contribution is 5.98. The van der Waals surface area contributed by atoms with Gasteiger partial charge in [0.05, 0.1) is 0 Å². The molecule has 1 aliphatic carbocycles. The third-order valence-electron chi connectivity index (χ3n) is 2.51. The van der Waals surface area contributed by atoms with Crippen molar-refractivity contribution in [1.29, 1.82) is 0 Å². The molecule has 0 aliphatic heterocycles. The maximum atomic E-state index is 11.4. The summed E-state index contributed by atoms with van der Waals surface area (Å²) in [5, 5.41) is 17.2. The van der Waals surface area contributed by atoms with Crippen molar-refractivity contribution in [3.05, 3.63) is 11.8 Å². The van der Waals surface area contributed by atoms with E-state index in [0.717, 1.165) is 38.2 Å². The van der Waals surface area contributed by atoms with Crippen molar-refractivity contribution < 1.29 is 19.8 Å². The zero-order valence-electron chi connectivity index (χ0n) is 7.90. The van der Waals surface area contributed by atoms with E-state index >= 15 is 0 Å². The summed E-state index contributed by atoms with van der Waals surface area (Å²) in [5.41, 5.74) is 0. The van der Waals surface area contributed by atoms with Gasteiger partial charge in [-0.1, -0.05) is 19.3 Å². The SMILES string of the molecule is O=C(O)C(O)=CC(=O)C1CCCCC1. The van der Waals surface area contributed by atoms with Crippen LogP contribution in [0.3, 0.4) is 0 Å². The highest BCUT2D eigenvalue weighted by Gasteiger charge is 2.20. The van der Waals surface area contributed by atoms with Crippen LogP contribution in [-0.2, 0) is 9.59 Å².